The third-order valence-corrected chi connectivity index (χ3v) is 3.38. The highest BCUT2D eigenvalue weighted by molar-refractivity contribution is 6.35. The summed E-state index contributed by atoms with van der Waals surface area (Å²) in [7, 11) is 0. The molecule has 2 aromatic carbocycles. The first-order valence-corrected chi connectivity index (χ1v) is 6.12. The Balaban J connectivity index is 2.17. The second kappa shape index (κ2) is 4.34. The maximum absolute atomic E-state index is 6.24. The van der Waals surface area contributed by atoms with Gasteiger partial charge in [-0.05, 0) is 18.1 Å². The minimum absolute atomic E-state index is 0.767. The Bertz CT molecular complexity index is 587. The molecule has 3 rings (SSSR count). The van der Waals surface area contributed by atoms with Crippen LogP contribution in [0.1, 0.15) is 16.7 Å². The summed E-state index contributed by atoms with van der Waals surface area (Å²) in [6, 6.07) is 16.3. The maximum atomic E-state index is 6.24. The number of nitrogens with zero attached hydrogens (tertiary/aromatic N) is 1. The van der Waals surface area contributed by atoms with Crippen LogP contribution in [0.2, 0.25) is 5.02 Å². The lowest BCUT2D eigenvalue weighted by atomic mass is 9.93. The van der Waals surface area contributed by atoms with Crippen molar-refractivity contribution in [2.45, 2.75) is 6.42 Å². The summed E-state index contributed by atoms with van der Waals surface area (Å²) in [6.45, 7) is 0.845. The Morgan fingerprint density at radius 2 is 1.59 bits per heavy atom. The Hall–Kier alpha value is -1.60. The summed E-state index contributed by atoms with van der Waals surface area (Å²) in [5.41, 5.74) is 4.63. The third kappa shape index (κ3) is 1.87. The third-order valence-electron chi connectivity index (χ3n) is 3.05. The lowest BCUT2D eigenvalue weighted by molar-refractivity contribution is 0.944. The molecule has 0 bridgehead atoms. The molecule has 0 aliphatic carbocycles. The lowest BCUT2D eigenvalue weighted by Gasteiger charge is -2.17. The van der Waals surface area contributed by atoms with Crippen LogP contribution in [-0.4, -0.2) is 12.3 Å². The van der Waals surface area contributed by atoms with Gasteiger partial charge in [-0.1, -0.05) is 54.1 Å². The highest BCUT2D eigenvalue weighted by Crippen LogP contribution is 2.24. The summed E-state index contributed by atoms with van der Waals surface area (Å²) in [5.74, 6) is 0. The van der Waals surface area contributed by atoms with E-state index in [1.54, 1.807) is 0 Å². The summed E-state index contributed by atoms with van der Waals surface area (Å²) in [6.07, 6.45) is 1.02. The molecule has 1 aliphatic rings. The van der Waals surface area contributed by atoms with Crippen molar-refractivity contribution in [1.82, 2.24) is 0 Å². The molecule has 0 radical (unpaired) electrons. The Kier molecular flexibility index (Phi) is 2.69. The number of rotatable bonds is 1. The molecule has 0 fully saturated rings. The molecule has 17 heavy (non-hydrogen) atoms. The SMILES string of the molecule is Clc1ccccc1C1=NCCc2ccccc21. The summed E-state index contributed by atoms with van der Waals surface area (Å²) in [5, 5.41) is 0.767. The van der Waals surface area contributed by atoms with Crippen LogP contribution in [0, 0.1) is 0 Å². The van der Waals surface area contributed by atoms with Crippen LogP contribution in [0.15, 0.2) is 53.5 Å². The summed E-state index contributed by atoms with van der Waals surface area (Å²) >= 11 is 6.24. The number of halogens is 1. The maximum Gasteiger partial charge on any atom is 0.0736 e. The van der Waals surface area contributed by atoms with E-state index in [0.717, 1.165) is 29.3 Å². The predicted octanol–water partition coefficient (Wildman–Crippen LogP) is 3.73. The molecular weight excluding hydrogens is 230 g/mol. The van der Waals surface area contributed by atoms with Gasteiger partial charge < -0.3 is 0 Å². The van der Waals surface area contributed by atoms with E-state index in [2.05, 4.69) is 29.3 Å². The molecule has 0 N–H and O–H groups in total. The van der Waals surface area contributed by atoms with E-state index in [1.807, 2.05) is 24.3 Å². The molecule has 0 atom stereocenters. The van der Waals surface area contributed by atoms with Gasteiger partial charge in [-0.3, -0.25) is 4.99 Å². The topological polar surface area (TPSA) is 12.4 Å². The molecule has 0 saturated carbocycles. The van der Waals surface area contributed by atoms with Crippen LogP contribution >= 0.6 is 11.6 Å². The van der Waals surface area contributed by atoms with Crippen LogP contribution in [0.5, 0.6) is 0 Å². The van der Waals surface area contributed by atoms with Crippen LogP contribution in [0.25, 0.3) is 0 Å². The monoisotopic (exact) mass is 241 g/mol. The lowest BCUT2D eigenvalue weighted by Crippen LogP contribution is -2.14. The van der Waals surface area contributed by atoms with E-state index in [4.69, 9.17) is 11.6 Å². The van der Waals surface area contributed by atoms with Gasteiger partial charge in [-0.15, -0.1) is 0 Å². The van der Waals surface area contributed by atoms with E-state index in [0.29, 0.717) is 0 Å². The van der Waals surface area contributed by atoms with Crippen molar-refractivity contribution < 1.29 is 0 Å². The van der Waals surface area contributed by atoms with Gasteiger partial charge in [0, 0.05) is 22.7 Å². The zero-order valence-corrected chi connectivity index (χ0v) is 10.1. The molecule has 0 aromatic heterocycles. The highest BCUT2D eigenvalue weighted by atomic mass is 35.5. The van der Waals surface area contributed by atoms with Crippen molar-refractivity contribution in [3.63, 3.8) is 0 Å². The molecular formula is C15H12ClN. The first-order chi connectivity index (χ1) is 8.36. The van der Waals surface area contributed by atoms with Gasteiger partial charge >= 0.3 is 0 Å². The Morgan fingerprint density at radius 3 is 2.41 bits per heavy atom. The summed E-state index contributed by atoms with van der Waals surface area (Å²) in [4.78, 5) is 4.63. The smallest absolute Gasteiger partial charge is 0.0736 e. The average Bonchev–Trinajstić information content (AvgIpc) is 2.39. The first-order valence-electron chi connectivity index (χ1n) is 5.74. The van der Waals surface area contributed by atoms with Crippen molar-refractivity contribution in [2.75, 3.05) is 6.54 Å². The van der Waals surface area contributed by atoms with Crippen molar-refractivity contribution in [2.24, 2.45) is 4.99 Å². The van der Waals surface area contributed by atoms with Gasteiger partial charge in [0.1, 0.15) is 0 Å². The quantitative estimate of drug-likeness (QED) is 0.721. The molecule has 1 aliphatic heterocycles. The molecule has 84 valence electrons. The van der Waals surface area contributed by atoms with Crippen LogP contribution < -0.4 is 0 Å². The Labute approximate surface area is 106 Å². The van der Waals surface area contributed by atoms with Gasteiger partial charge in [0.2, 0.25) is 0 Å². The second-order valence-corrected chi connectivity index (χ2v) is 4.52. The highest BCUT2D eigenvalue weighted by Gasteiger charge is 2.16. The van der Waals surface area contributed by atoms with Gasteiger partial charge in [0.05, 0.1) is 5.71 Å². The largest absolute Gasteiger partial charge is 0.284 e. The molecule has 2 aromatic rings. The van der Waals surface area contributed by atoms with Gasteiger partial charge in [0.15, 0.2) is 0 Å². The average molecular weight is 242 g/mol. The van der Waals surface area contributed by atoms with Crippen molar-refractivity contribution in [1.29, 1.82) is 0 Å². The zero-order valence-electron chi connectivity index (χ0n) is 9.36. The molecule has 0 spiro atoms. The van der Waals surface area contributed by atoms with E-state index in [1.165, 1.54) is 11.1 Å². The molecule has 0 amide bonds. The predicted molar refractivity (Wildman–Crippen MR) is 72.1 cm³/mol. The Morgan fingerprint density at radius 1 is 0.882 bits per heavy atom. The van der Waals surface area contributed by atoms with Crippen molar-refractivity contribution >= 4 is 17.3 Å². The van der Waals surface area contributed by atoms with Crippen molar-refractivity contribution in [3.05, 3.63) is 70.2 Å². The molecule has 2 heteroatoms. The molecule has 1 nitrogen and oxygen atoms in total. The van der Waals surface area contributed by atoms with Gasteiger partial charge in [-0.25, -0.2) is 0 Å². The second-order valence-electron chi connectivity index (χ2n) is 4.12. The normalized spacial score (nSPS) is 14.1. The number of hydrogen-bond donors (Lipinski definition) is 0. The molecule has 0 unspecified atom stereocenters. The fourth-order valence-electron chi connectivity index (χ4n) is 2.23. The van der Waals surface area contributed by atoms with E-state index < -0.39 is 0 Å². The molecule has 1 heterocycles. The number of benzene rings is 2. The van der Waals surface area contributed by atoms with E-state index >= 15 is 0 Å². The standard InChI is InChI=1S/C15H12ClN/c16-14-8-4-3-7-13(14)15-12-6-2-1-5-11(12)9-10-17-15/h1-8H,9-10H2. The van der Waals surface area contributed by atoms with Gasteiger partial charge in [0.25, 0.3) is 0 Å². The minimum Gasteiger partial charge on any atom is -0.284 e. The van der Waals surface area contributed by atoms with Crippen LogP contribution in [0.4, 0.5) is 0 Å². The van der Waals surface area contributed by atoms with Crippen LogP contribution in [-0.2, 0) is 6.42 Å². The minimum atomic E-state index is 0.767. The number of hydrogen-bond acceptors (Lipinski definition) is 1. The fraction of sp³-hybridized carbons (Fsp3) is 0.133. The first kappa shape index (κ1) is 10.5. The fourth-order valence-corrected chi connectivity index (χ4v) is 2.45. The number of aliphatic imine (C=N–C) groups is 1. The van der Waals surface area contributed by atoms with E-state index in [9.17, 15) is 0 Å². The van der Waals surface area contributed by atoms with Crippen molar-refractivity contribution in [3.8, 4) is 0 Å². The molecule has 0 saturated heterocycles. The van der Waals surface area contributed by atoms with E-state index in [-0.39, 0.29) is 0 Å². The van der Waals surface area contributed by atoms with Crippen LogP contribution in [0.3, 0.4) is 0 Å². The summed E-state index contributed by atoms with van der Waals surface area (Å²) < 4.78 is 0. The zero-order chi connectivity index (χ0) is 11.7. The van der Waals surface area contributed by atoms with Gasteiger partial charge in [-0.2, -0.15) is 0 Å². The number of fused-ring (bicyclic) bond motifs is 1.